The molecule has 0 amide bonds. The first kappa shape index (κ1) is 18.6. The molecule has 0 aliphatic carbocycles. The quantitative estimate of drug-likeness (QED) is 0.462. The first-order valence-electron chi connectivity index (χ1n) is 7.05. The summed E-state index contributed by atoms with van der Waals surface area (Å²) in [6, 6.07) is 13.2. The van der Waals surface area contributed by atoms with Crippen LogP contribution in [0, 0.1) is 11.3 Å². The minimum atomic E-state index is -4.59. The van der Waals surface area contributed by atoms with E-state index in [-0.39, 0.29) is 5.75 Å². The Morgan fingerprint density at radius 3 is 2.24 bits per heavy atom. The maximum absolute atomic E-state index is 10.8. The van der Waals surface area contributed by atoms with Crippen LogP contribution in [0.4, 0.5) is 0 Å². The molecule has 0 unspecified atom stereocenters. The lowest BCUT2D eigenvalue weighted by atomic mass is 10.0. The van der Waals surface area contributed by atoms with Crippen LogP contribution in [-0.4, -0.2) is 24.0 Å². The standard InChI is InChI=1S/C17H16NO6P/c1-22-16-8-5-13(10-17(16)23-2)14(11-18)9-12-3-6-15(7-4-12)24-25(19,20)21/h3-10H,1-2H3,(H2,19,20,21)/b14-9+. The minimum absolute atomic E-state index is 0.0371. The molecule has 130 valence electrons. The number of rotatable bonds is 6. The molecule has 2 rings (SSSR count). The Morgan fingerprint density at radius 1 is 1.08 bits per heavy atom. The van der Waals surface area contributed by atoms with Crippen molar-refractivity contribution in [3.05, 3.63) is 53.6 Å². The molecule has 0 spiro atoms. The first-order chi connectivity index (χ1) is 11.9. The zero-order valence-electron chi connectivity index (χ0n) is 13.5. The van der Waals surface area contributed by atoms with E-state index in [1.54, 1.807) is 36.4 Å². The highest BCUT2D eigenvalue weighted by Gasteiger charge is 2.15. The van der Waals surface area contributed by atoms with Crippen LogP contribution < -0.4 is 14.0 Å². The van der Waals surface area contributed by atoms with Crippen molar-refractivity contribution in [2.24, 2.45) is 0 Å². The summed E-state index contributed by atoms with van der Waals surface area (Å²) in [5.74, 6) is 1.10. The Balaban J connectivity index is 2.31. The number of allylic oxidation sites excluding steroid dienone is 1. The summed E-state index contributed by atoms with van der Waals surface area (Å²) >= 11 is 0. The Hall–Kier alpha value is -2.78. The molecule has 0 fully saturated rings. The minimum Gasteiger partial charge on any atom is -0.493 e. The second kappa shape index (κ2) is 7.86. The highest BCUT2D eigenvalue weighted by atomic mass is 31.2. The summed E-state index contributed by atoms with van der Waals surface area (Å²) in [6.45, 7) is 0. The molecule has 0 heterocycles. The molecule has 0 bridgehead atoms. The summed E-state index contributed by atoms with van der Waals surface area (Å²) in [6.07, 6.45) is 1.64. The van der Waals surface area contributed by atoms with E-state index in [0.29, 0.717) is 28.2 Å². The zero-order chi connectivity index (χ0) is 18.4. The molecule has 7 nitrogen and oxygen atoms in total. The number of methoxy groups -OCH3 is 2. The molecule has 0 aromatic heterocycles. The van der Waals surface area contributed by atoms with Crippen molar-refractivity contribution in [1.82, 2.24) is 0 Å². The van der Waals surface area contributed by atoms with Gasteiger partial charge in [0.25, 0.3) is 0 Å². The molecule has 0 radical (unpaired) electrons. The predicted octanol–water partition coefficient (Wildman–Crippen LogP) is 3.24. The largest absolute Gasteiger partial charge is 0.524 e. The normalized spacial score (nSPS) is 11.6. The number of nitriles is 1. The lowest BCUT2D eigenvalue weighted by Gasteiger charge is -2.09. The lowest BCUT2D eigenvalue weighted by Crippen LogP contribution is -1.92. The van der Waals surface area contributed by atoms with Gasteiger partial charge < -0.3 is 14.0 Å². The van der Waals surface area contributed by atoms with Gasteiger partial charge in [-0.25, -0.2) is 4.57 Å². The van der Waals surface area contributed by atoms with Gasteiger partial charge in [0.1, 0.15) is 5.75 Å². The summed E-state index contributed by atoms with van der Waals surface area (Å²) in [5, 5.41) is 9.42. The number of ether oxygens (including phenoxy) is 2. The SMILES string of the molecule is COc1ccc(/C(C#N)=C/c2ccc(OP(=O)(O)O)cc2)cc1OC. The fourth-order valence-corrected chi connectivity index (χ4v) is 2.51. The number of hydrogen-bond donors (Lipinski definition) is 2. The van der Waals surface area contributed by atoms with Gasteiger partial charge in [-0.2, -0.15) is 5.26 Å². The van der Waals surface area contributed by atoms with Gasteiger partial charge in [-0.1, -0.05) is 12.1 Å². The Labute approximate surface area is 144 Å². The van der Waals surface area contributed by atoms with E-state index in [1.807, 2.05) is 0 Å². The Bertz CT molecular complexity index is 864. The summed E-state index contributed by atoms with van der Waals surface area (Å²) in [4.78, 5) is 17.6. The monoisotopic (exact) mass is 361 g/mol. The second-order valence-corrected chi connectivity index (χ2v) is 6.05. The van der Waals surface area contributed by atoms with E-state index in [4.69, 9.17) is 19.3 Å². The van der Waals surface area contributed by atoms with Gasteiger partial charge in [0.2, 0.25) is 0 Å². The highest BCUT2D eigenvalue weighted by molar-refractivity contribution is 7.46. The van der Waals surface area contributed by atoms with Crippen molar-refractivity contribution < 1.29 is 28.3 Å². The molecule has 2 aromatic rings. The third-order valence-corrected chi connectivity index (χ3v) is 3.68. The maximum Gasteiger partial charge on any atom is 0.524 e. The van der Waals surface area contributed by atoms with Crippen molar-refractivity contribution in [3.63, 3.8) is 0 Å². The number of phosphoric ester groups is 1. The predicted molar refractivity (Wildman–Crippen MR) is 92.1 cm³/mol. The van der Waals surface area contributed by atoms with Gasteiger partial charge >= 0.3 is 7.82 Å². The second-order valence-electron chi connectivity index (χ2n) is 4.89. The zero-order valence-corrected chi connectivity index (χ0v) is 14.4. The van der Waals surface area contributed by atoms with E-state index < -0.39 is 7.82 Å². The molecular weight excluding hydrogens is 345 g/mol. The molecule has 2 aromatic carbocycles. The van der Waals surface area contributed by atoms with Gasteiger partial charge in [0, 0.05) is 0 Å². The third-order valence-electron chi connectivity index (χ3n) is 3.23. The van der Waals surface area contributed by atoms with Crippen LogP contribution in [0.3, 0.4) is 0 Å². The van der Waals surface area contributed by atoms with Crippen LogP contribution in [0.25, 0.3) is 11.6 Å². The van der Waals surface area contributed by atoms with Crippen LogP contribution in [0.5, 0.6) is 17.2 Å². The lowest BCUT2D eigenvalue weighted by molar-refractivity contribution is 0.283. The van der Waals surface area contributed by atoms with E-state index in [0.717, 1.165) is 0 Å². The molecule has 8 heteroatoms. The Morgan fingerprint density at radius 2 is 1.72 bits per heavy atom. The average Bonchev–Trinajstić information content (AvgIpc) is 2.59. The van der Waals surface area contributed by atoms with Crippen LogP contribution in [0.2, 0.25) is 0 Å². The highest BCUT2D eigenvalue weighted by Crippen LogP contribution is 2.37. The summed E-state index contributed by atoms with van der Waals surface area (Å²) < 4.78 is 25.7. The molecule has 0 saturated carbocycles. The molecule has 0 atom stereocenters. The number of nitrogens with zero attached hydrogens (tertiary/aromatic N) is 1. The van der Waals surface area contributed by atoms with Crippen LogP contribution in [0.1, 0.15) is 11.1 Å². The first-order valence-corrected chi connectivity index (χ1v) is 8.58. The average molecular weight is 361 g/mol. The number of hydrogen-bond acceptors (Lipinski definition) is 5. The third kappa shape index (κ3) is 5.10. The van der Waals surface area contributed by atoms with Gasteiger partial charge in [-0.3, -0.25) is 9.79 Å². The van der Waals surface area contributed by atoms with Crippen LogP contribution in [0.15, 0.2) is 42.5 Å². The van der Waals surface area contributed by atoms with E-state index in [1.165, 1.54) is 26.4 Å². The molecule has 0 saturated heterocycles. The van der Waals surface area contributed by atoms with Crippen molar-refractivity contribution >= 4 is 19.5 Å². The number of benzene rings is 2. The van der Waals surface area contributed by atoms with Crippen molar-refractivity contribution in [2.75, 3.05) is 14.2 Å². The van der Waals surface area contributed by atoms with E-state index in [9.17, 15) is 9.83 Å². The summed E-state index contributed by atoms with van der Waals surface area (Å²) in [5.41, 5.74) is 1.71. The van der Waals surface area contributed by atoms with Crippen molar-refractivity contribution in [3.8, 4) is 23.3 Å². The fourth-order valence-electron chi connectivity index (χ4n) is 2.11. The molecule has 0 aliphatic rings. The smallest absolute Gasteiger partial charge is 0.493 e. The van der Waals surface area contributed by atoms with E-state index >= 15 is 0 Å². The molecule has 0 aliphatic heterocycles. The van der Waals surface area contributed by atoms with Crippen molar-refractivity contribution in [2.45, 2.75) is 0 Å². The summed E-state index contributed by atoms with van der Waals surface area (Å²) in [7, 11) is -1.56. The molecule has 2 N–H and O–H groups in total. The Kier molecular flexibility index (Phi) is 5.84. The van der Waals surface area contributed by atoms with Gasteiger partial charge in [-0.05, 0) is 47.5 Å². The van der Waals surface area contributed by atoms with Crippen LogP contribution >= 0.6 is 7.82 Å². The maximum atomic E-state index is 10.8. The van der Waals surface area contributed by atoms with Gasteiger partial charge in [-0.15, -0.1) is 0 Å². The van der Waals surface area contributed by atoms with Gasteiger partial charge in [0.15, 0.2) is 11.5 Å². The van der Waals surface area contributed by atoms with Crippen molar-refractivity contribution in [1.29, 1.82) is 5.26 Å². The topological polar surface area (TPSA) is 109 Å². The van der Waals surface area contributed by atoms with Crippen LogP contribution in [-0.2, 0) is 4.57 Å². The van der Waals surface area contributed by atoms with E-state index in [2.05, 4.69) is 10.6 Å². The number of phosphoric acid groups is 1. The fraction of sp³-hybridized carbons (Fsp3) is 0.118. The molecular formula is C17H16NO6P. The molecule has 25 heavy (non-hydrogen) atoms. The van der Waals surface area contributed by atoms with Gasteiger partial charge in [0.05, 0.1) is 25.9 Å².